The number of benzene rings is 1. The molecule has 0 bridgehead atoms. The molecular formula is C24H30N4O4. The summed E-state index contributed by atoms with van der Waals surface area (Å²) >= 11 is 0. The van der Waals surface area contributed by atoms with Crippen molar-refractivity contribution in [1.82, 2.24) is 19.4 Å². The molecule has 1 amide bonds. The average Bonchev–Trinajstić information content (AvgIpc) is 2.73. The maximum Gasteiger partial charge on any atom is 0.290 e. The fourth-order valence-corrected chi connectivity index (χ4v) is 3.57. The van der Waals surface area contributed by atoms with E-state index in [2.05, 4.69) is 4.98 Å². The monoisotopic (exact) mass is 438 g/mol. The van der Waals surface area contributed by atoms with Crippen molar-refractivity contribution in [2.45, 2.75) is 26.4 Å². The minimum absolute atomic E-state index is 0.0305. The highest BCUT2D eigenvalue weighted by atomic mass is 16.3. The topological polar surface area (TPSA) is 95.7 Å². The van der Waals surface area contributed by atoms with Gasteiger partial charge in [0.25, 0.3) is 17.9 Å². The van der Waals surface area contributed by atoms with E-state index >= 15 is 0 Å². The third-order valence-electron chi connectivity index (χ3n) is 5.05. The first kappa shape index (κ1) is 24.7. The molecule has 3 rings (SSSR count). The average molecular weight is 439 g/mol. The highest BCUT2D eigenvalue weighted by molar-refractivity contribution is 5.95. The van der Waals surface area contributed by atoms with Crippen LogP contribution in [0.2, 0.25) is 0 Å². The standard InChI is InChI=1S/C23H28N4O2.CH2O2/c1-16-12-13-27(17(2)14-25(3)4)23(29)21(16)22(28)26(5)15-19-11-10-18-8-6-7-9-20(18)24-19;2-1-3/h6-13,17H,14-15H2,1-5H3;1H,(H,2,3). The number of carboxylic acid groups (broad SMARTS) is 1. The SMILES string of the molecule is Cc1ccn(C(C)CN(C)C)c(=O)c1C(=O)N(C)Cc1ccc2ccccc2n1.O=CO. The molecule has 0 aliphatic heterocycles. The summed E-state index contributed by atoms with van der Waals surface area (Å²) in [6, 6.07) is 13.6. The summed E-state index contributed by atoms with van der Waals surface area (Å²) in [5.41, 5.74) is 2.34. The van der Waals surface area contributed by atoms with E-state index in [1.54, 1.807) is 29.6 Å². The minimum atomic E-state index is -0.283. The zero-order valence-corrected chi connectivity index (χ0v) is 19.1. The van der Waals surface area contributed by atoms with Crippen molar-refractivity contribution in [3.8, 4) is 0 Å². The van der Waals surface area contributed by atoms with Gasteiger partial charge >= 0.3 is 0 Å². The largest absolute Gasteiger partial charge is 0.483 e. The molecule has 3 aromatic rings. The Morgan fingerprint density at radius 3 is 2.47 bits per heavy atom. The molecule has 2 aromatic heterocycles. The van der Waals surface area contributed by atoms with Crippen LogP contribution in [0.5, 0.6) is 0 Å². The molecule has 0 saturated carbocycles. The van der Waals surface area contributed by atoms with Crippen LogP contribution in [0.3, 0.4) is 0 Å². The van der Waals surface area contributed by atoms with Crippen molar-refractivity contribution in [3.63, 3.8) is 0 Å². The first-order chi connectivity index (χ1) is 15.2. The third-order valence-corrected chi connectivity index (χ3v) is 5.05. The molecule has 0 fully saturated rings. The molecular weight excluding hydrogens is 408 g/mol. The van der Waals surface area contributed by atoms with Crippen LogP contribution >= 0.6 is 0 Å². The van der Waals surface area contributed by atoms with Crippen molar-refractivity contribution in [2.24, 2.45) is 0 Å². The number of carbonyl (C=O) groups excluding carboxylic acids is 1. The summed E-state index contributed by atoms with van der Waals surface area (Å²) in [7, 11) is 5.64. The van der Waals surface area contributed by atoms with Crippen LogP contribution in [0.25, 0.3) is 10.9 Å². The fourth-order valence-electron chi connectivity index (χ4n) is 3.57. The lowest BCUT2D eigenvalue weighted by molar-refractivity contribution is -0.122. The lowest BCUT2D eigenvalue weighted by Gasteiger charge is -2.22. The van der Waals surface area contributed by atoms with Crippen molar-refractivity contribution in [1.29, 1.82) is 0 Å². The van der Waals surface area contributed by atoms with E-state index in [0.717, 1.165) is 16.6 Å². The van der Waals surface area contributed by atoms with Gasteiger partial charge in [0, 0.05) is 31.2 Å². The Balaban J connectivity index is 0.00000114. The number of likely N-dealkylation sites (N-methyl/N-ethyl adjacent to an activating group) is 1. The Morgan fingerprint density at radius 2 is 1.81 bits per heavy atom. The first-order valence-corrected chi connectivity index (χ1v) is 10.2. The molecule has 0 aliphatic carbocycles. The highest BCUT2D eigenvalue weighted by Crippen LogP contribution is 2.15. The second-order valence-corrected chi connectivity index (χ2v) is 7.96. The summed E-state index contributed by atoms with van der Waals surface area (Å²) < 4.78 is 1.64. The second-order valence-electron chi connectivity index (χ2n) is 7.96. The molecule has 0 spiro atoms. The fraction of sp³-hybridized carbons (Fsp3) is 0.333. The Kier molecular flexibility index (Phi) is 8.66. The van der Waals surface area contributed by atoms with Crippen LogP contribution in [-0.2, 0) is 11.3 Å². The predicted molar refractivity (Wildman–Crippen MR) is 125 cm³/mol. The van der Waals surface area contributed by atoms with Gasteiger partial charge in [0.15, 0.2) is 0 Å². The van der Waals surface area contributed by atoms with Gasteiger partial charge in [-0.1, -0.05) is 24.3 Å². The Labute approximate surface area is 187 Å². The van der Waals surface area contributed by atoms with E-state index in [1.165, 1.54) is 0 Å². The number of para-hydroxylation sites is 1. The molecule has 8 nitrogen and oxygen atoms in total. The molecule has 1 atom stereocenters. The number of hydrogen-bond acceptors (Lipinski definition) is 5. The number of aryl methyl sites for hydroxylation is 1. The third kappa shape index (κ3) is 6.01. The maximum atomic E-state index is 13.1. The lowest BCUT2D eigenvalue weighted by atomic mass is 10.1. The minimum Gasteiger partial charge on any atom is -0.483 e. The Hall–Kier alpha value is -3.52. The van der Waals surface area contributed by atoms with Gasteiger partial charge in [-0.2, -0.15) is 0 Å². The van der Waals surface area contributed by atoms with Gasteiger partial charge in [0.2, 0.25) is 0 Å². The van der Waals surface area contributed by atoms with Crippen molar-refractivity contribution < 1.29 is 14.7 Å². The number of hydrogen-bond donors (Lipinski definition) is 1. The molecule has 170 valence electrons. The molecule has 1 aromatic carbocycles. The summed E-state index contributed by atoms with van der Waals surface area (Å²) in [5, 5.41) is 7.95. The van der Waals surface area contributed by atoms with Crippen LogP contribution in [0.4, 0.5) is 0 Å². The van der Waals surface area contributed by atoms with Crippen LogP contribution in [0.1, 0.15) is 34.6 Å². The summed E-state index contributed by atoms with van der Waals surface area (Å²) in [6.45, 7) is 4.59. The van der Waals surface area contributed by atoms with E-state index in [0.29, 0.717) is 18.7 Å². The number of rotatable bonds is 6. The van der Waals surface area contributed by atoms with Crippen LogP contribution in [0, 0.1) is 6.92 Å². The number of aromatic nitrogens is 2. The van der Waals surface area contributed by atoms with E-state index in [-0.39, 0.29) is 29.5 Å². The molecule has 0 aliphatic rings. The highest BCUT2D eigenvalue weighted by Gasteiger charge is 2.21. The molecule has 8 heteroatoms. The number of carbonyl (C=O) groups is 2. The van der Waals surface area contributed by atoms with Crippen molar-refractivity contribution >= 4 is 23.3 Å². The summed E-state index contributed by atoms with van der Waals surface area (Å²) in [6.07, 6.45) is 1.77. The van der Waals surface area contributed by atoms with Gasteiger partial charge in [-0.05, 0) is 51.7 Å². The molecule has 0 saturated heterocycles. The van der Waals surface area contributed by atoms with E-state index in [1.807, 2.05) is 68.4 Å². The zero-order chi connectivity index (χ0) is 23.8. The van der Waals surface area contributed by atoms with Gasteiger partial charge in [-0.25, -0.2) is 0 Å². The molecule has 0 radical (unpaired) electrons. The summed E-state index contributed by atoms with van der Waals surface area (Å²) in [4.78, 5) is 42.8. The first-order valence-electron chi connectivity index (χ1n) is 10.2. The molecule has 32 heavy (non-hydrogen) atoms. The molecule has 1 N–H and O–H groups in total. The van der Waals surface area contributed by atoms with Crippen molar-refractivity contribution in [3.05, 3.63) is 75.8 Å². The predicted octanol–water partition coefficient (Wildman–Crippen LogP) is 2.80. The van der Waals surface area contributed by atoms with Crippen LogP contribution in [0.15, 0.2) is 53.5 Å². The van der Waals surface area contributed by atoms with Gasteiger partial charge in [0.1, 0.15) is 5.56 Å². The summed E-state index contributed by atoms with van der Waals surface area (Å²) in [5.74, 6) is -0.283. The maximum absolute atomic E-state index is 13.1. The quantitative estimate of drug-likeness (QED) is 0.595. The van der Waals surface area contributed by atoms with Crippen LogP contribution in [-0.4, -0.2) is 64.5 Å². The zero-order valence-electron chi connectivity index (χ0n) is 19.1. The Bertz CT molecular complexity index is 1140. The second kappa shape index (κ2) is 11.2. The molecule has 1 unspecified atom stereocenters. The van der Waals surface area contributed by atoms with Gasteiger partial charge < -0.3 is 19.5 Å². The van der Waals surface area contributed by atoms with E-state index in [4.69, 9.17) is 9.90 Å². The van der Waals surface area contributed by atoms with Gasteiger partial charge in [-0.3, -0.25) is 19.4 Å². The normalized spacial score (nSPS) is 11.6. The van der Waals surface area contributed by atoms with Gasteiger partial charge in [-0.15, -0.1) is 0 Å². The van der Waals surface area contributed by atoms with E-state index in [9.17, 15) is 9.59 Å². The lowest BCUT2D eigenvalue weighted by Crippen LogP contribution is -2.37. The smallest absolute Gasteiger partial charge is 0.290 e. The number of pyridine rings is 2. The van der Waals surface area contributed by atoms with E-state index < -0.39 is 0 Å². The Morgan fingerprint density at radius 1 is 1.16 bits per heavy atom. The van der Waals surface area contributed by atoms with Gasteiger partial charge in [0.05, 0.1) is 17.8 Å². The molecule has 2 heterocycles. The number of fused-ring (bicyclic) bond motifs is 1. The van der Waals surface area contributed by atoms with Crippen molar-refractivity contribution in [2.75, 3.05) is 27.7 Å². The number of nitrogens with zero attached hydrogens (tertiary/aromatic N) is 4. The van der Waals surface area contributed by atoms with Crippen LogP contribution < -0.4 is 5.56 Å². The number of amides is 1.